The predicted molar refractivity (Wildman–Crippen MR) is 166 cm³/mol. The van der Waals surface area contributed by atoms with Gasteiger partial charge in [-0.1, -0.05) is 67.6 Å². The standard InChI is InChI=1S/C31H44N3O10P/c1-22(20-45(40,41)44-26(29(37)38)15-16-27(33-21-35)43-31(2,3)4)18-32-28(36)25(17-23-11-7-5-8-12-23)34-30(39)42-19-24-13-9-6-10-14-24/h5-14,21-22,25-27H,15-20H2,1-4H3,(H,32,36)(H,33,35)(H,34,39)(H,37,38)(H,40,41). The number of nitrogens with one attached hydrogen (secondary N) is 3. The van der Waals surface area contributed by atoms with Crippen molar-refractivity contribution >= 4 is 32.0 Å². The van der Waals surface area contributed by atoms with E-state index in [1.54, 1.807) is 52.0 Å². The van der Waals surface area contributed by atoms with Gasteiger partial charge in [0.2, 0.25) is 12.3 Å². The van der Waals surface area contributed by atoms with E-state index in [-0.39, 0.29) is 32.4 Å². The Bertz CT molecular complexity index is 1270. The van der Waals surface area contributed by atoms with Gasteiger partial charge in [-0.05, 0) is 50.7 Å². The molecule has 5 N–H and O–H groups in total. The molecular formula is C31H44N3O10P. The first kappa shape index (κ1) is 37.4. The minimum atomic E-state index is -4.43. The van der Waals surface area contributed by atoms with E-state index in [0.29, 0.717) is 6.41 Å². The van der Waals surface area contributed by atoms with E-state index in [1.807, 2.05) is 36.4 Å². The first-order chi connectivity index (χ1) is 21.2. The van der Waals surface area contributed by atoms with Gasteiger partial charge in [-0.25, -0.2) is 9.59 Å². The lowest BCUT2D eigenvalue weighted by molar-refractivity contribution is -0.146. The van der Waals surface area contributed by atoms with Gasteiger partial charge in [0.15, 0.2) is 6.10 Å². The number of amides is 3. The summed E-state index contributed by atoms with van der Waals surface area (Å²) >= 11 is 0. The van der Waals surface area contributed by atoms with Gasteiger partial charge in [0.1, 0.15) is 18.9 Å². The lowest BCUT2D eigenvalue weighted by atomic mass is 10.1. The highest BCUT2D eigenvalue weighted by Crippen LogP contribution is 2.45. The molecule has 2 rings (SSSR count). The molecule has 2 aromatic rings. The van der Waals surface area contributed by atoms with Gasteiger partial charge in [-0.15, -0.1) is 0 Å². The second-order valence-corrected chi connectivity index (χ2v) is 13.5. The van der Waals surface area contributed by atoms with E-state index in [4.69, 9.17) is 14.0 Å². The molecule has 5 atom stereocenters. The van der Waals surface area contributed by atoms with Crippen molar-refractivity contribution in [3.8, 4) is 0 Å². The normalized spacial score (nSPS) is 15.4. The van der Waals surface area contributed by atoms with Crippen LogP contribution >= 0.6 is 7.60 Å². The molecule has 0 heterocycles. The number of carboxylic acid groups (broad SMARTS) is 1. The van der Waals surface area contributed by atoms with Crippen molar-refractivity contribution in [2.45, 2.75) is 77.5 Å². The van der Waals surface area contributed by atoms with Crippen LogP contribution in [-0.2, 0) is 46.0 Å². The number of rotatable bonds is 19. The van der Waals surface area contributed by atoms with Crippen LogP contribution in [0.25, 0.3) is 0 Å². The molecule has 0 aromatic heterocycles. The minimum Gasteiger partial charge on any atom is -0.479 e. The number of alkyl carbamates (subject to hydrolysis) is 1. The molecule has 2 aromatic carbocycles. The summed E-state index contributed by atoms with van der Waals surface area (Å²) in [6, 6.07) is 17.1. The largest absolute Gasteiger partial charge is 0.479 e. The first-order valence-corrected chi connectivity index (χ1v) is 16.3. The highest BCUT2D eigenvalue weighted by molar-refractivity contribution is 7.52. The highest BCUT2D eigenvalue weighted by atomic mass is 31.2. The fourth-order valence-corrected chi connectivity index (χ4v) is 5.86. The van der Waals surface area contributed by atoms with Crippen molar-refractivity contribution in [2.24, 2.45) is 5.92 Å². The number of benzene rings is 2. The van der Waals surface area contributed by atoms with Crippen LogP contribution in [0.5, 0.6) is 0 Å². The number of ether oxygens (including phenoxy) is 2. The molecular weight excluding hydrogens is 605 g/mol. The predicted octanol–water partition coefficient (Wildman–Crippen LogP) is 3.60. The molecule has 0 spiro atoms. The Hall–Kier alpha value is -3.77. The first-order valence-electron chi connectivity index (χ1n) is 14.6. The third-order valence-electron chi connectivity index (χ3n) is 6.28. The molecule has 13 nitrogen and oxygen atoms in total. The van der Waals surface area contributed by atoms with Crippen molar-refractivity contribution in [3.63, 3.8) is 0 Å². The number of carboxylic acids is 1. The third kappa shape index (κ3) is 15.7. The molecule has 0 saturated carbocycles. The zero-order chi connectivity index (χ0) is 33.5. The van der Waals surface area contributed by atoms with Crippen LogP contribution in [0, 0.1) is 5.92 Å². The smallest absolute Gasteiger partial charge is 0.408 e. The zero-order valence-electron chi connectivity index (χ0n) is 26.0. The molecule has 0 bridgehead atoms. The van der Waals surface area contributed by atoms with Gasteiger partial charge < -0.3 is 35.4 Å². The summed E-state index contributed by atoms with van der Waals surface area (Å²) in [5.41, 5.74) is 0.937. The number of hydrogen-bond acceptors (Lipinski definition) is 8. The quantitative estimate of drug-likeness (QED) is 0.0854. The number of carbonyl (C=O) groups excluding carboxylic acids is 3. The van der Waals surface area contributed by atoms with Crippen LogP contribution in [0.3, 0.4) is 0 Å². The average Bonchev–Trinajstić information content (AvgIpc) is 2.96. The van der Waals surface area contributed by atoms with Crippen molar-refractivity contribution in [3.05, 3.63) is 71.8 Å². The summed E-state index contributed by atoms with van der Waals surface area (Å²) in [6.45, 7) is 6.84. The maximum atomic E-state index is 13.1. The van der Waals surface area contributed by atoms with Crippen LogP contribution < -0.4 is 16.0 Å². The fourth-order valence-electron chi connectivity index (χ4n) is 4.27. The van der Waals surface area contributed by atoms with E-state index in [0.717, 1.165) is 11.1 Å². The Balaban J connectivity index is 1.96. The molecule has 0 fully saturated rings. The molecule has 14 heteroatoms. The summed E-state index contributed by atoms with van der Waals surface area (Å²) in [6.07, 6.45) is -3.29. The summed E-state index contributed by atoms with van der Waals surface area (Å²) < 4.78 is 29.0. The maximum absolute atomic E-state index is 13.1. The average molecular weight is 650 g/mol. The second-order valence-electron chi connectivity index (χ2n) is 11.6. The molecule has 3 amide bonds. The van der Waals surface area contributed by atoms with Gasteiger partial charge in [0.25, 0.3) is 0 Å². The van der Waals surface area contributed by atoms with Gasteiger partial charge in [0, 0.05) is 13.0 Å². The summed E-state index contributed by atoms with van der Waals surface area (Å²) in [5, 5.41) is 17.3. The van der Waals surface area contributed by atoms with Crippen LogP contribution in [0.4, 0.5) is 4.79 Å². The second kappa shape index (κ2) is 18.3. The molecule has 45 heavy (non-hydrogen) atoms. The van der Waals surface area contributed by atoms with Crippen molar-refractivity contribution in [1.82, 2.24) is 16.0 Å². The zero-order valence-corrected chi connectivity index (χ0v) is 26.9. The van der Waals surface area contributed by atoms with Gasteiger partial charge in [-0.2, -0.15) is 0 Å². The van der Waals surface area contributed by atoms with Crippen LogP contribution in [-0.4, -0.2) is 71.1 Å². The number of aliphatic carboxylic acids is 1. The Kier molecular flexibility index (Phi) is 15.2. The van der Waals surface area contributed by atoms with E-state index >= 15 is 0 Å². The van der Waals surface area contributed by atoms with E-state index in [1.165, 1.54) is 0 Å². The monoisotopic (exact) mass is 649 g/mol. The molecule has 5 unspecified atom stereocenters. The van der Waals surface area contributed by atoms with Crippen molar-refractivity contribution < 1.29 is 47.7 Å². The van der Waals surface area contributed by atoms with Gasteiger partial charge in [0.05, 0.1) is 11.8 Å². The van der Waals surface area contributed by atoms with Crippen LogP contribution in [0.2, 0.25) is 0 Å². The molecule has 248 valence electrons. The molecule has 0 radical (unpaired) electrons. The number of hydrogen-bond donors (Lipinski definition) is 5. The Morgan fingerprint density at radius 3 is 2.13 bits per heavy atom. The highest BCUT2D eigenvalue weighted by Gasteiger charge is 2.33. The third-order valence-corrected chi connectivity index (χ3v) is 7.95. The van der Waals surface area contributed by atoms with Gasteiger partial charge >= 0.3 is 19.7 Å². The van der Waals surface area contributed by atoms with Crippen LogP contribution in [0.15, 0.2) is 60.7 Å². The van der Waals surface area contributed by atoms with E-state index < -0.39 is 61.6 Å². The van der Waals surface area contributed by atoms with Gasteiger partial charge in [-0.3, -0.25) is 18.7 Å². The molecule has 0 saturated heterocycles. The molecule has 0 aliphatic rings. The summed E-state index contributed by atoms with van der Waals surface area (Å²) in [4.78, 5) is 58.9. The lowest BCUT2D eigenvalue weighted by Crippen LogP contribution is -2.49. The van der Waals surface area contributed by atoms with Crippen LogP contribution in [0.1, 0.15) is 51.7 Å². The summed E-state index contributed by atoms with van der Waals surface area (Å²) in [7, 11) is -4.43. The lowest BCUT2D eigenvalue weighted by Gasteiger charge is -2.28. The fraction of sp³-hybridized carbons (Fsp3) is 0.484. The molecule has 0 aliphatic carbocycles. The number of carbonyl (C=O) groups is 4. The minimum absolute atomic E-state index is 0.0160. The SMILES string of the molecule is CC(CNC(=O)C(Cc1ccccc1)NC(=O)OCc1ccccc1)CP(=O)(O)OC(CCC(NC=O)OC(C)(C)C)C(=O)O. The van der Waals surface area contributed by atoms with Crippen molar-refractivity contribution in [2.75, 3.05) is 12.7 Å². The van der Waals surface area contributed by atoms with E-state index in [9.17, 15) is 33.7 Å². The van der Waals surface area contributed by atoms with Crippen molar-refractivity contribution in [1.29, 1.82) is 0 Å². The Morgan fingerprint density at radius 1 is 0.978 bits per heavy atom. The topological polar surface area (TPSA) is 190 Å². The van der Waals surface area contributed by atoms with E-state index in [2.05, 4.69) is 16.0 Å². The Labute approximate surface area is 263 Å². The summed E-state index contributed by atoms with van der Waals surface area (Å²) in [5.74, 6) is -2.58. The maximum Gasteiger partial charge on any atom is 0.408 e. The molecule has 0 aliphatic heterocycles. The Morgan fingerprint density at radius 2 is 1.58 bits per heavy atom.